The predicted molar refractivity (Wildman–Crippen MR) is 102 cm³/mol. The summed E-state index contributed by atoms with van der Waals surface area (Å²) in [6.07, 6.45) is 9.33. The second-order valence-electron chi connectivity index (χ2n) is 7.57. The minimum atomic E-state index is -0.557. The van der Waals surface area contributed by atoms with Crippen molar-refractivity contribution in [3.8, 4) is 0 Å². The van der Waals surface area contributed by atoms with E-state index in [2.05, 4.69) is 27.3 Å². The summed E-state index contributed by atoms with van der Waals surface area (Å²) in [6.45, 7) is 1.20. The molecule has 2 aromatic heterocycles. The Bertz CT molecular complexity index is 981. The Morgan fingerprint density at radius 3 is 2.64 bits per heavy atom. The van der Waals surface area contributed by atoms with Crippen LogP contribution < -0.4 is 0 Å². The average molecular weight is 375 g/mol. The van der Waals surface area contributed by atoms with Crippen LogP contribution in [0.2, 0.25) is 0 Å². The second-order valence-corrected chi connectivity index (χ2v) is 7.57. The van der Waals surface area contributed by atoms with Crippen LogP contribution in [0.15, 0.2) is 61.4 Å². The van der Waals surface area contributed by atoms with E-state index in [0.29, 0.717) is 18.7 Å². The van der Waals surface area contributed by atoms with Gasteiger partial charge in [0.25, 0.3) is 5.91 Å². The van der Waals surface area contributed by atoms with Gasteiger partial charge in [0.15, 0.2) is 0 Å². The number of hydrogen-bond acceptors (Lipinski definition) is 5. The number of likely N-dealkylation sites (tertiary alicyclic amines) is 1. The fraction of sp³-hybridized carbons (Fsp3) is 0.333. The number of piperidine rings is 1. The van der Waals surface area contributed by atoms with Gasteiger partial charge in [-0.15, -0.1) is 0 Å². The molecule has 28 heavy (non-hydrogen) atoms. The van der Waals surface area contributed by atoms with Gasteiger partial charge in [-0.25, -0.2) is 4.98 Å². The molecule has 1 N–H and O–H groups in total. The molecule has 3 aromatic rings. The van der Waals surface area contributed by atoms with E-state index in [9.17, 15) is 9.90 Å². The van der Waals surface area contributed by atoms with Gasteiger partial charge in [0.05, 0.1) is 36.4 Å². The predicted octanol–water partition coefficient (Wildman–Crippen LogP) is 1.81. The summed E-state index contributed by atoms with van der Waals surface area (Å²) in [4.78, 5) is 18.8. The maximum absolute atomic E-state index is 12.8. The summed E-state index contributed by atoms with van der Waals surface area (Å²) < 4.78 is 1.98. The smallest absolute Gasteiger partial charge is 0.255 e. The van der Waals surface area contributed by atoms with Gasteiger partial charge < -0.3 is 14.6 Å². The molecular formula is C21H21N5O2. The Hall–Kier alpha value is -3.06. The lowest BCUT2D eigenvalue weighted by Crippen LogP contribution is -2.50. The first-order valence-corrected chi connectivity index (χ1v) is 9.51. The van der Waals surface area contributed by atoms with Crippen molar-refractivity contribution in [1.29, 1.82) is 0 Å². The van der Waals surface area contributed by atoms with Gasteiger partial charge in [0.1, 0.15) is 0 Å². The summed E-state index contributed by atoms with van der Waals surface area (Å²) in [5, 5.41) is 19.0. The number of nitrogens with zero attached hydrogens (tertiary/aromatic N) is 5. The van der Waals surface area contributed by atoms with Crippen LogP contribution in [0.5, 0.6) is 0 Å². The highest BCUT2D eigenvalue weighted by atomic mass is 16.3. The highest BCUT2D eigenvalue weighted by Gasteiger charge is 2.53. The highest BCUT2D eigenvalue weighted by molar-refractivity contribution is 5.93. The van der Waals surface area contributed by atoms with Crippen LogP contribution in [0.25, 0.3) is 0 Å². The van der Waals surface area contributed by atoms with Crippen LogP contribution in [-0.2, 0) is 5.41 Å². The van der Waals surface area contributed by atoms with Gasteiger partial charge in [-0.1, -0.05) is 24.3 Å². The molecule has 1 aromatic carbocycles. The van der Waals surface area contributed by atoms with Crippen molar-refractivity contribution >= 4 is 5.91 Å². The topological polar surface area (TPSA) is 84.1 Å². The molecule has 0 bridgehead atoms. The molecule has 0 radical (unpaired) electrons. The third-order valence-corrected chi connectivity index (χ3v) is 6.30. The van der Waals surface area contributed by atoms with Gasteiger partial charge >= 0.3 is 0 Å². The van der Waals surface area contributed by atoms with E-state index in [1.54, 1.807) is 18.6 Å². The minimum Gasteiger partial charge on any atom is -0.390 e. The molecule has 1 saturated heterocycles. The molecule has 5 rings (SSSR count). The number of amides is 1. The van der Waals surface area contributed by atoms with Crippen LogP contribution in [0.4, 0.5) is 0 Å². The molecule has 7 nitrogen and oxygen atoms in total. The summed E-state index contributed by atoms with van der Waals surface area (Å²) >= 11 is 0. The largest absolute Gasteiger partial charge is 0.390 e. The molecule has 1 fully saturated rings. The zero-order valence-corrected chi connectivity index (χ0v) is 15.3. The lowest BCUT2D eigenvalue weighted by molar-refractivity contribution is 0.0208. The second kappa shape index (κ2) is 6.53. The molecule has 1 spiro atoms. The van der Waals surface area contributed by atoms with Crippen molar-refractivity contribution < 1.29 is 9.90 Å². The molecule has 0 unspecified atom stereocenters. The number of carbonyl (C=O) groups is 1. The molecule has 142 valence electrons. The maximum Gasteiger partial charge on any atom is 0.255 e. The van der Waals surface area contributed by atoms with Gasteiger partial charge in [0.2, 0.25) is 0 Å². The van der Waals surface area contributed by atoms with Crippen molar-refractivity contribution in [2.24, 2.45) is 0 Å². The Labute approximate surface area is 162 Å². The fourth-order valence-electron chi connectivity index (χ4n) is 4.87. The van der Waals surface area contributed by atoms with Crippen LogP contribution in [0.3, 0.4) is 0 Å². The van der Waals surface area contributed by atoms with Gasteiger partial charge in [-0.05, 0) is 30.0 Å². The highest BCUT2D eigenvalue weighted by Crippen LogP contribution is 2.52. The zero-order valence-electron chi connectivity index (χ0n) is 15.3. The number of fused-ring (bicyclic) bond motifs is 2. The third kappa shape index (κ3) is 2.46. The summed E-state index contributed by atoms with van der Waals surface area (Å²) in [5.41, 5.74) is 2.54. The van der Waals surface area contributed by atoms with E-state index in [4.69, 9.17) is 0 Å². The van der Waals surface area contributed by atoms with Crippen molar-refractivity contribution in [3.63, 3.8) is 0 Å². The summed E-state index contributed by atoms with van der Waals surface area (Å²) in [5.74, 6) is -0.0309. The summed E-state index contributed by atoms with van der Waals surface area (Å²) in [7, 11) is 0. The van der Waals surface area contributed by atoms with Crippen molar-refractivity contribution in [1.82, 2.24) is 24.6 Å². The van der Waals surface area contributed by atoms with E-state index in [1.165, 1.54) is 18.0 Å². The van der Waals surface area contributed by atoms with Gasteiger partial charge in [-0.3, -0.25) is 4.79 Å². The zero-order chi connectivity index (χ0) is 19.1. The average Bonchev–Trinajstić information content (AvgIpc) is 3.35. The normalized spacial score (nSPS) is 23.0. The van der Waals surface area contributed by atoms with E-state index in [-0.39, 0.29) is 17.4 Å². The van der Waals surface area contributed by atoms with Crippen LogP contribution in [0, 0.1) is 0 Å². The van der Waals surface area contributed by atoms with Crippen LogP contribution >= 0.6 is 0 Å². The number of aromatic nitrogens is 4. The number of hydrogen-bond donors (Lipinski definition) is 1. The monoisotopic (exact) mass is 375 g/mol. The Morgan fingerprint density at radius 1 is 1.11 bits per heavy atom. The number of imidazole rings is 1. The quantitative estimate of drug-likeness (QED) is 0.739. The Morgan fingerprint density at radius 2 is 1.93 bits per heavy atom. The Kier molecular flexibility index (Phi) is 3.98. The molecule has 2 aliphatic rings. The van der Waals surface area contributed by atoms with E-state index >= 15 is 0 Å². The van der Waals surface area contributed by atoms with Gasteiger partial charge in [-0.2, -0.15) is 10.2 Å². The van der Waals surface area contributed by atoms with Crippen molar-refractivity contribution in [3.05, 3.63) is 78.1 Å². The third-order valence-electron chi connectivity index (χ3n) is 6.30. The number of aliphatic hydroxyl groups excluding tert-OH is 1. The fourth-order valence-corrected chi connectivity index (χ4v) is 4.87. The van der Waals surface area contributed by atoms with E-state index < -0.39 is 6.10 Å². The number of benzene rings is 1. The molecular weight excluding hydrogens is 354 g/mol. The van der Waals surface area contributed by atoms with Crippen molar-refractivity contribution in [2.45, 2.75) is 30.4 Å². The van der Waals surface area contributed by atoms with E-state index in [0.717, 1.165) is 18.4 Å². The number of rotatable bonds is 2. The van der Waals surface area contributed by atoms with Crippen LogP contribution in [-0.4, -0.2) is 54.9 Å². The molecule has 3 heterocycles. The first kappa shape index (κ1) is 17.1. The molecule has 0 saturated carbocycles. The Balaban J connectivity index is 1.44. The lowest BCUT2D eigenvalue weighted by Gasteiger charge is -2.42. The molecule has 1 aliphatic carbocycles. The number of carbonyl (C=O) groups excluding carboxylic acids is 1. The molecule has 1 amide bonds. The minimum absolute atomic E-state index is 0.0309. The van der Waals surface area contributed by atoms with Gasteiger partial charge in [0, 0.05) is 30.9 Å². The summed E-state index contributed by atoms with van der Waals surface area (Å²) in [6, 6.07) is 9.81. The SMILES string of the molecule is O=C(c1ccnnc1)N1CCC2(CC1)c1ccccc1[C@@H](n1ccnc1)[C@@H]2O. The lowest BCUT2D eigenvalue weighted by atomic mass is 9.72. The molecule has 2 atom stereocenters. The van der Waals surface area contributed by atoms with Crippen LogP contribution in [0.1, 0.15) is 40.4 Å². The number of aliphatic hydroxyl groups is 1. The first-order chi connectivity index (χ1) is 13.7. The van der Waals surface area contributed by atoms with Crippen molar-refractivity contribution in [2.75, 3.05) is 13.1 Å². The molecule has 7 heteroatoms. The molecule has 1 aliphatic heterocycles. The van der Waals surface area contributed by atoms with E-state index in [1.807, 2.05) is 27.8 Å². The maximum atomic E-state index is 12.8. The standard InChI is InChI=1S/C21H21N5O2/c27-19-18(26-12-9-22-14-26)16-3-1-2-4-17(16)21(19)6-10-25(11-7-21)20(28)15-5-8-23-24-13-15/h1-5,8-9,12-14,18-19,27H,6-7,10-11H2/t18-,19+/m1/s1. The first-order valence-electron chi connectivity index (χ1n) is 9.51.